The summed E-state index contributed by atoms with van der Waals surface area (Å²) in [4.78, 5) is 13.0. The standard InChI is InChI=1S/C26H28FN3O4S2/c27-22-8-6-21(7-9-22)19-30(36(33,34)29-15-13-28-14-16-29)25-11-10-23(18-24(25)26(31)32)35-17-12-20-4-2-1-3-5-20/h1-11,18,28H,12-17,19H2,(H,31,32). The van der Waals surface area contributed by atoms with Crippen molar-refractivity contribution in [2.24, 2.45) is 0 Å². The summed E-state index contributed by atoms with van der Waals surface area (Å²) < 4.78 is 43.3. The topological polar surface area (TPSA) is 90.0 Å². The van der Waals surface area contributed by atoms with Crippen LogP contribution in [0.25, 0.3) is 0 Å². The summed E-state index contributed by atoms with van der Waals surface area (Å²) in [6.07, 6.45) is 0.823. The molecule has 0 unspecified atom stereocenters. The van der Waals surface area contributed by atoms with Gasteiger partial charge in [0, 0.05) is 36.8 Å². The number of anilines is 1. The van der Waals surface area contributed by atoms with Crippen molar-refractivity contribution in [3.8, 4) is 0 Å². The fourth-order valence-electron chi connectivity index (χ4n) is 3.99. The zero-order valence-corrected chi connectivity index (χ0v) is 21.3. The maximum atomic E-state index is 13.7. The molecule has 0 bridgehead atoms. The molecule has 2 N–H and O–H groups in total. The van der Waals surface area contributed by atoms with Gasteiger partial charge in [0.05, 0.1) is 17.8 Å². The summed E-state index contributed by atoms with van der Waals surface area (Å²) in [7, 11) is -4.04. The molecular formula is C26H28FN3O4S2. The zero-order chi connectivity index (χ0) is 25.5. The van der Waals surface area contributed by atoms with E-state index in [9.17, 15) is 22.7 Å². The SMILES string of the molecule is O=C(O)c1cc(SCCc2ccccc2)ccc1N(Cc1ccc(F)cc1)S(=O)(=O)N1CCNCC1. The van der Waals surface area contributed by atoms with Crippen LogP contribution >= 0.6 is 11.8 Å². The molecule has 1 aliphatic rings. The molecule has 4 rings (SSSR count). The Bertz CT molecular complexity index is 1280. The minimum atomic E-state index is -4.04. The summed E-state index contributed by atoms with van der Waals surface area (Å²) in [6, 6.07) is 20.4. The summed E-state index contributed by atoms with van der Waals surface area (Å²) in [5.74, 6) is -0.894. The summed E-state index contributed by atoms with van der Waals surface area (Å²) >= 11 is 1.52. The van der Waals surface area contributed by atoms with Crippen LogP contribution in [0, 0.1) is 5.82 Å². The number of hydrogen-bond acceptors (Lipinski definition) is 5. The third kappa shape index (κ3) is 6.44. The highest BCUT2D eigenvalue weighted by atomic mass is 32.2. The first-order valence-corrected chi connectivity index (χ1v) is 14.0. The van der Waals surface area contributed by atoms with Gasteiger partial charge in [0.2, 0.25) is 0 Å². The van der Waals surface area contributed by atoms with E-state index >= 15 is 0 Å². The molecule has 10 heteroatoms. The number of aromatic carboxylic acids is 1. The van der Waals surface area contributed by atoms with Gasteiger partial charge in [-0.25, -0.2) is 9.18 Å². The van der Waals surface area contributed by atoms with E-state index < -0.39 is 22.0 Å². The molecule has 0 spiro atoms. The third-order valence-electron chi connectivity index (χ3n) is 5.89. The minimum Gasteiger partial charge on any atom is -0.478 e. The normalized spacial score (nSPS) is 14.5. The van der Waals surface area contributed by atoms with Crippen LogP contribution in [-0.2, 0) is 23.2 Å². The maximum absolute atomic E-state index is 13.7. The van der Waals surface area contributed by atoms with Crippen molar-refractivity contribution in [2.45, 2.75) is 17.9 Å². The van der Waals surface area contributed by atoms with E-state index in [-0.39, 0.29) is 30.9 Å². The lowest BCUT2D eigenvalue weighted by atomic mass is 10.1. The highest BCUT2D eigenvalue weighted by molar-refractivity contribution is 7.99. The van der Waals surface area contributed by atoms with E-state index in [0.29, 0.717) is 18.7 Å². The molecule has 0 amide bonds. The maximum Gasteiger partial charge on any atom is 0.337 e. The fraction of sp³-hybridized carbons (Fsp3) is 0.269. The highest BCUT2D eigenvalue weighted by Gasteiger charge is 2.33. The van der Waals surface area contributed by atoms with Gasteiger partial charge in [-0.3, -0.25) is 4.31 Å². The lowest BCUT2D eigenvalue weighted by Gasteiger charge is -2.34. The van der Waals surface area contributed by atoms with Crippen molar-refractivity contribution in [3.05, 3.63) is 95.3 Å². The number of thioether (sulfide) groups is 1. The van der Waals surface area contributed by atoms with Crippen molar-refractivity contribution in [1.82, 2.24) is 9.62 Å². The van der Waals surface area contributed by atoms with Crippen molar-refractivity contribution in [2.75, 3.05) is 36.2 Å². The first-order valence-electron chi connectivity index (χ1n) is 11.6. The highest BCUT2D eigenvalue weighted by Crippen LogP contribution is 2.32. The Morgan fingerprint density at radius 2 is 1.69 bits per heavy atom. The van der Waals surface area contributed by atoms with Gasteiger partial charge in [-0.15, -0.1) is 11.8 Å². The lowest BCUT2D eigenvalue weighted by Crippen LogP contribution is -2.52. The fourth-order valence-corrected chi connectivity index (χ4v) is 6.57. The van der Waals surface area contributed by atoms with Crippen LogP contribution < -0.4 is 9.62 Å². The number of halogens is 1. The Kier molecular flexibility index (Phi) is 8.63. The van der Waals surface area contributed by atoms with Crippen LogP contribution in [0.5, 0.6) is 0 Å². The van der Waals surface area contributed by atoms with Crippen LogP contribution in [0.15, 0.2) is 77.7 Å². The predicted molar refractivity (Wildman–Crippen MR) is 140 cm³/mol. The minimum absolute atomic E-state index is 0.0813. The van der Waals surface area contributed by atoms with Gasteiger partial charge in [-0.1, -0.05) is 42.5 Å². The number of carbonyl (C=O) groups is 1. The van der Waals surface area contributed by atoms with Crippen molar-refractivity contribution in [3.63, 3.8) is 0 Å². The number of benzene rings is 3. The molecule has 190 valence electrons. The molecule has 0 aliphatic carbocycles. The molecule has 1 heterocycles. The van der Waals surface area contributed by atoms with Gasteiger partial charge in [0.15, 0.2) is 0 Å². The van der Waals surface area contributed by atoms with Crippen molar-refractivity contribution < 1.29 is 22.7 Å². The van der Waals surface area contributed by atoms with Gasteiger partial charge in [-0.2, -0.15) is 12.7 Å². The Hall–Kier alpha value is -2.92. The first-order chi connectivity index (χ1) is 17.3. The number of aryl methyl sites for hydroxylation is 1. The molecule has 0 atom stereocenters. The van der Waals surface area contributed by atoms with Crippen LogP contribution in [0.3, 0.4) is 0 Å². The second-order valence-electron chi connectivity index (χ2n) is 8.36. The molecule has 1 aliphatic heterocycles. The third-order valence-corrected chi connectivity index (χ3v) is 8.79. The molecule has 3 aromatic carbocycles. The van der Waals surface area contributed by atoms with E-state index in [4.69, 9.17) is 0 Å². The summed E-state index contributed by atoms with van der Waals surface area (Å²) in [6.45, 7) is 1.45. The molecule has 1 saturated heterocycles. The molecule has 3 aromatic rings. The van der Waals surface area contributed by atoms with Gasteiger partial charge >= 0.3 is 16.2 Å². The van der Waals surface area contributed by atoms with Gasteiger partial charge in [0.1, 0.15) is 5.82 Å². The molecule has 0 saturated carbocycles. The second-order valence-corrected chi connectivity index (χ2v) is 11.4. The van der Waals surface area contributed by atoms with E-state index in [2.05, 4.69) is 5.32 Å². The predicted octanol–water partition coefficient (Wildman–Crippen LogP) is 4.02. The largest absolute Gasteiger partial charge is 0.478 e. The second kappa shape index (κ2) is 11.9. The van der Waals surface area contributed by atoms with Crippen molar-refractivity contribution >= 4 is 33.6 Å². The lowest BCUT2D eigenvalue weighted by molar-refractivity contribution is 0.0697. The number of carboxylic acids is 1. The molecule has 0 aromatic heterocycles. The average molecular weight is 530 g/mol. The number of piperazine rings is 1. The summed E-state index contributed by atoms with van der Waals surface area (Å²) in [5, 5.41) is 13.1. The number of nitrogens with zero attached hydrogens (tertiary/aromatic N) is 2. The zero-order valence-electron chi connectivity index (χ0n) is 19.6. The molecule has 7 nitrogen and oxygen atoms in total. The quantitative estimate of drug-likeness (QED) is 0.386. The smallest absolute Gasteiger partial charge is 0.337 e. The van der Waals surface area contributed by atoms with Crippen LogP contribution in [0.4, 0.5) is 10.1 Å². The van der Waals surface area contributed by atoms with Gasteiger partial charge < -0.3 is 10.4 Å². The van der Waals surface area contributed by atoms with Crippen LogP contribution in [0.2, 0.25) is 0 Å². The Labute approximate surface area is 215 Å². The number of rotatable bonds is 10. The van der Waals surface area contributed by atoms with Crippen LogP contribution in [0.1, 0.15) is 21.5 Å². The molecule has 1 fully saturated rings. The molecular weight excluding hydrogens is 501 g/mol. The Balaban J connectivity index is 1.64. The Morgan fingerprint density at radius 3 is 2.36 bits per heavy atom. The Morgan fingerprint density at radius 1 is 1.00 bits per heavy atom. The van der Waals surface area contributed by atoms with Gasteiger partial charge in [-0.05, 0) is 47.9 Å². The van der Waals surface area contributed by atoms with Crippen LogP contribution in [-0.4, -0.2) is 55.7 Å². The number of hydrogen-bond donors (Lipinski definition) is 2. The number of nitrogens with one attached hydrogen (secondary N) is 1. The van der Waals surface area contributed by atoms with Crippen molar-refractivity contribution in [1.29, 1.82) is 0 Å². The van der Waals surface area contributed by atoms with E-state index in [1.807, 2.05) is 30.3 Å². The average Bonchev–Trinajstić information content (AvgIpc) is 2.89. The van der Waals surface area contributed by atoms with E-state index in [1.165, 1.54) is 52.0 Å². The first kappa shape index (κ1) is 26.2. The molecule has 36 heavy (non-hydrogen) atoms. The van der Waals surface area contributed by atoms with E-state index in [0.717, 1.165) is 21.4 Å². The summed E-state index contributed by atoms with van der Waals surface area (Å²) in [5.41, 5.74) is 1.72. The molecule has 0 radical (unpaired) electrons. The number of carboxylic acid groups (broad SMARTS) is 1. The monoisotopic (exact) mass is 529 g/mol. The van der Waals surface area contributed by atoms with E-state index in [1.54, 1.807) is 12.1 Å². The van der Waals surface area contributed by atoms with Gasteiger partial charge in [0.25, 0.3) is 0 Å².